The minimum Gasteiger partial charge on any atom is -0.451 e. The first-order valence-electron chi connectivity index (χ1n) is 11.0. The molecular formula is C25H37ClOP+. The van der Waals surface area contributed by atoms with Gasteiger partial charge in [0.1, 0.15) is 5.75 Å². The maximum atomic E-state index is 6.81. The number of halogens is 1. The van der Waals surface area contributed by atoms with Gasteiger partial charge in [-0.2, -0.15) is 0 Å². The highest BCUT2D eigenvalue weighted by Crippen LogP contribution is 2.71. The Morgan fingerprint density at radius 1 is 0.750 bits per heavy atom. The molecule has 0 aromatic heterocycles. The molecule has 0 fully saturated rings. The molecule has 0 heterocycles. The molecule has 0 spiro atoms. The van der Waals surface area contributed by atoms with Crippen LogP contribution >= 0.6 is 18.9 Å². The van der Waals surface area contributed by atoms with Crippen LogP contribution in [0.25, 0.3) is 0 Å². The molecule has 1 unspecified atom stereocenters. The van der Waals surface area contributed by atoms with Gasteiger partial charge in [0.25, 0.3) is 0 Å². The fourth-order valence-electron chi connectivity index (χ4n) is 3.88. The van der Waals surface area contributed by atoms with Gasteiger partial charge in [0.15, 0.2) is 0 Å². The van der Waals surface area contributed by atoms with Crippen LogP contribution in [0.15, 0.2) is 54.6 Å². The largest absolute Gasteiger partial charge is 0.451 e. The molecule has 0 amide bonds. The molecule has 1 nitrogen and oxygen atoms in total. The highest BCUT2D eigenvalue weighted by molar-refractivity contribution is 7.76. The van der Waals surface area contributed by atoms with Crippen LogP contribution in [0.4, 0.5) is 0 Å². The smallest absolute Gasteiger partial charge is 0.231 e. The third-order valence-electron chi connectivity index (χ3n) is 5.53. The Balaban J connectivity index is 2.49. The topological polar surface area (TPSA) is 9.23 Å². The fraction of sp³-hybridized carbons (Fsp3) is 0.520. The monoisotopic (exact) mass is 419 g/mol. The number of hydrogen-bond donors (Lipinski definition) is 0. The van der Waals surface area contributed by atoms with E-state index < -0.39 is 7.26 Å². The molecule has 154 valence electrons. The zero-order valence-corrected chi connectivity index (χ0v) is 19.5. The maximum Gasteiger partial charge on any atom is 0.231 e. The van der Waals surface area contributed by atoms with Crippen LogP contribution in [0.5, 0.6) is 5.75 Å². The summed E-state index contributed by atoms with van der Waals surface area (Å²) in [7, 11) is -1.34. The number of benzene rings is 2. The van der Waals surface area contributed by atoms with Gasteiger partial charge in [-0.25, -0.2) is 0 Å². The van der Waals surface area contributed by atoms with Crippen molar-refractivity contribution in [3.05, 3.63) is 65.2 Å². The number of unbranched alkanes of at least 4 members (excludes halogenated alkanes) is 3. The molecule has 0 N–H and O–H groups in total. The first kappa shape index (κ1) is 23.2. The first-order valence-corrected chi connectivity index (χ1v) is 13.8. The van der Waals surface area contributed by atoms with E-state index in [0.29, 0.717) is 5.02 Å². The quantitative estimate of drug-likeness (QED) is 0.294. The summed E-state index contributed by atoms with van der Waals surface area (Å²) in [5.41, 5.74) is 1.32. The maximum absolute atomic E-state index is 6.81. The molecular weight excluding hydrogens is 383 g/mol. The standard InChI is InChI=1S/C25H37ClOP/c1-4-7-19-28(20-8-5-2,21-9-6-3)25(22-15-11-10-12-16-22)27-24-18-14-13-17-23(24)26/h10-18,25H,4-9,19-21H2,1-3H3/q+1. The van der Waals surface area contributed by atoms with Crippen molar-refractivity contribution in [2.75, 3.05) is 18.5 Å². The SMILES string of the molecule is CCCC[P+](CCCC)(CCCC)C(Oc1ccccc1Cl)c1ccccc1. The summed E-state index contributed by atoms with van der Waals surface area (Å²) in [5, 5.41) is 0.711. The van der Waals surface area contributed by atoms with E-state index in [-0.39, 0.29) is 5.85 Å². The summed E-state index contributed by atoms with van der Waals surface area (Å²) in [6.45, 7) is 6.92. The van der Waals surface area contributed by atoms with Crippen molar-refractivity contribution in [1.82, 2.24) is 0 Å². The average molecular weight is 420 g/mol. The minimum atomic E-state index is -1.34. The lowest BCUT2D eigenvalue weighted by Gasteiger charge is -2.35. The van der Waals surface area contributed by atoms with Crippen molar-refractivity contribution >= 4 is 18.9 Å². The molecule has 0 radical (unpaired) electrons. The summed E-state index contributed by atoms with van der Waals surface area (Å²) in [6, 6.07) is 18.8. The number of ether oxygens (including phenoxy) is 1. The second-order valence-corrected chi connectivity index (χ2v) is 12.4. The van der Waals surface area contributed by atoms with Crippen LogP contribution in [0.1, 0.15) is 70.7 Å². The van der Waals surface area contributed by atoms with E-state index in [2.05, 4.69) is 51.1 Å². The number of hydrogen-bond acceptors (Lipinski definition) is 1. The summed E-state index contributed by atoms with van der Waals surface area (Å²) in [4.78, 5) is 0. The molecule has 2 aromatic carbocycles. The summed E-state index contributed by atoms with van der Waals surface area (Å²) < 4.78 is 6.81. The van der Waals surface area contributed by atoms with Crippen LogP contribution < -0.4 is 4.74 Å². The molecule has 0 saturated carbocycles. The van der Waals surface area contributed by atoms with Gasteiger partial charge < -0.3 is 4.74 Å². The van der Waals surface area contributed by atoms with Crippen LogP contribution in [0.3, 0.4) is 0 Å². The van der Waals surface area contributed by atoms with Crippen molar-refractivity contribution in [3.63, 3.8) is 0 Å². The minimum absolute atomic E-state index is 0.137. The van der Waals surface area contributed by atoms with Crippen molar-refractivity contribution < 1.29 is 4.74 Å². The Labute approximate surface area is 178 Å². The normalized spacial score (nSPS) is 12.7. The van der Waals surface area contributed by atoms with Crippen LogP contribution in [-0.2, 0) is 0 Å². The van der Waals surface area contributed by atoms with Gasteiger partial charge in [0, 0.05) is 5.56 Å². The lowest BCUT2D eigenvalue weighted by atomic mass is 10.2. The van der Waals surface area contributed by atoms with Gasteiger partial charge in [0.05, 0.1) is 30.8 Å². The summed E-state index contributed by atoms with van der Waals surface area (Å²) in [6.07, 6.45) is 11.5. The summed E-state index contributed by atoms with van der Waals surface area (Å²) in [5.74, 6) is 0.963. The fourth-order valence-corrected chi connectivity index (χ4v) is 9.41. The van der Waals surface area contributed by atoms with Gasteiger partial charge in [-0.15, -0.1) is 0 Å². The Morgan fingerprint density at radius 3 is 1.75 bits per heavy atom. The van der Waals surface area contributed by atoms with Crippen molar-refractivity contribution in [2.45, 2.75) is 65.1 Å². The Kier molecular flexibility index (Phi) is 10.4. The number of rotatable bonds is 13. The molecule has 2 aromatic rings. The van der Waals surface area contributed by atoms with Gasteiger partial charge in [-0.05, 0) is 31.4 Å². The Bertz CT molecular complexity index is 651. The predicted molar refractivity (Wildman–Crippen MR) is 128 cm³/mol. The van der Waals surface area contributed by atoms with Gasteiger partial charge >= 0.3 is 0 Å². The molecule has 28 heavy (non-hydrogen) atoms. The second-order valence-electron chi connectivity index (χ2n) is 7.76. The van der Waals surface area contributed by atoms with E-state index in [9.17, 15) is 0 Å². The molecule has 1 atom stereocenters. The van der Waals surface area contributed by atoms with E-state index >= 15 is 0 Å². The van der Waals surface area contributed by atoms with Gasteiger partial charge in [-0.1, -0.05) is 94.1 Å². The lowest BCUT2D eigenvalue weighted by molar-refractivity contribution is 0.284. The molecule has 2 rings (SSSR count). The van der Waals surface area contributed by atoms with E-state index in [1.54, 1.807) is 0 Å². The van der Waals surface area contributed by atoms with Crippen LogP contribution in [0.2, 0.25) is 5.02 Å². The van der Waals surface area contributed by atoms with Gasteiger partial charge in [-0.3, -0.25) is 0 Å². The predicted octanol–water partition coefficient (Wildman–Crippen LogP) is 8.84. The molecule has 0 aliphatic rings. The Hall–Kier alpha value is -1.04. The number of para-hydroxylation sites is 1. The third-order valence-corrected chi connectivity index (χ3v) is 10.9. The molecule has 0 aliphatic heterocycles. The molecule has 3 heteroatoms. The van der Waals surface area contributed by atoms with E-state index in [1.165, 1.54) is 62.6 Å². The lowest BCUT2D eigenvalue weighted by Crippen LogP contribution is -2.21. The van der Waals surface area contributed by atoms with Crippen molar-refractivity contribution in [3.8, 4) is 5.75 Å². The zero-order valence-electron chi connectivity index (χ0n) is 17.9. The summed E-state index contributed by atoms with van der Waals surface area (Å²) >= 11 is 6.51. The van der Waals surface area contributed by atoms with E-state index in [0.717, 1.165) is 5.75 Å². The second kappa shape index (κ2) is 12.5. The third kappa shape index (κ3) is 6.50. The van der Waals surface area contributed by atoms with E-state index in [1.807, 2.05) is 24.3 Å². The highest BCUT2D eigenvalue weighted by Gasteiger charge is 2.47. The molecule has 0 bridgehead atoms. The average Bonchev–Trinajstić information content (AvgIpc) is 2.74. The van der Waals surface area contributed by atoms with Crippen molar-refractivity contribution in [1.29, 1.82) is 0 Å². The van der Waals surface area contributed by atoms with E-state index in [4.69, 9.17) is 16.3 Å². The molecule has 0 saturated heterocycles. The first-order chi connectivity index (χ1) is 13.7. The van der Waals surface area contributed by atoms with Gasteiger partial charge in [0.2, 0.25) is 5.85 Å². The molecule has 0 aliphatic carbocycles. The van der Waals surface area contributed by atoms with Crippen LogP contribution in [-0.4, -0.2) is 18.5 Å². The van der Waals surface area contributed by atoms with Crippen LogP contribution in [0, 0.1) is 0 Å². The highest BCUT2D eigenvalue weighted by atomic mass is 35.5. The Morgan fingerprint density at radius 2 is 1.25 bits per heavy atom. The zero-order chi connectivity index (χ0) is 20.2. The van der Waals surface area contributed by atoms with Crippen molar-refractivity contribution in [2.24, 2.45) is 0 Å².